The maximum atomic E-state index is 12.2. The van der Waals surface area contributed by atoms with E-state index >= 15 is 0 Å². The van der Waals surface area contributed by atoms with E-state index in [0.29, 0.717) is 42.3 Å². The third kappa shape index (κ3) is 5.27. The van der Waals surface area contributed by atoms with E-state index in [1.54, 1.807) is 6.07 Å². The zero-order chi connectivity index (χ0) is 19.6. The molecule has 1 heterocycles. The Morgan fingerprint density at radius 1 is 1.26 bits per heavy atom. The van der Waals surface area contributed by atoms with Crippen molar-refractivity contribution in [2.45, 2.75) is 45.3 Å². The monoisotopic (exact) mass is 409 g/mol. The highest BCUT2D eigenvalue weighted by Crippen LogP contribution is 2.35. The average Bonchev–Trinajstić information content (AvgIpc) is 3.37. The Bertz CT molecular complexity index is 823. The lowest BCUT2D eigenvalue weighted by Crippen LogP contribution is -2.22. The van der Waals surface area contributed by atoms with Gasteiger partial charge in [0.2, 0.25) is 0 Å². The van der Waals surface area contributed by atoms with Crippen molar-refractivity contribution in [2.75, 3.05) is 20.3 Å². The molecule has 1 fully saturated rings. The normalized spacial score (nSPS) is 14.6. The van der Waals surface area contributed by atoms with E-state index in [1.807, 2.05) is 16.7 Å². The quantitative estimate of drug-likeness (QED) is 0.325. The fraction of sp³-hybridized carbons (Fsp3) is 0.550. The minimum Gasteiger partial charge on any atom is -0.492 e. The number of hydrogen-bond donors (Lipinski definition) is 0. The molecule has 5 nitrogen and oxygen atoms in total. The largest absolute Gasteiger partial charge is 0.492 e. The van der Waals surface area contributed by atoms with Gasteiger partial charge < -0.3 is 18.8 Å². The minimum absolute atomic E-state index is 0.294. The molecule has 0 spiro atoms. The zero-order valence-electron chi connectivity index (χ0n) is 16.5. The predicted molar refractivity (Wildman–Crippen MR) is 111 cm³/mol. The lowest BCUT2D eigenvalue weighted by atomic mass is 10.2. The summed E-state index contributed by atoms with van der Waals surface area (Å²) in [6.45, 7) is 8.59. The molecular formula is C20H28ClNO4Si. The molecule has 3 rings (SSSR count). The summed E-state index contributed by atoms with van der Waals surface area (Å²) in [6, 6.07) is 6.60. The molecule has 1 aliphatic carbocycles. The Balaban J connectivity index is 1.86. The number of fused-ring (bicyclic) bond motifs is 1. The zero-order valence-corrected chi connectivity index (χ0v) is 18.3. The Hall–Kier alpha value is -1.50. The van der Waals surface area contributed by atoms with Gasteiger partial charge >= 0.3 is 5.97 Å². The van der Waals surface area contributed by atoms with Crippen LogP contribution in [-0.2, 0) is 16.2 Å². The molecular weight excluding hydrogens is 382 g/mol. The van der Waals surface area contributed by atoms with Gasteiger partial charge in [0, 0.05) is 26.1 Å². The minimum atomic E-state index is -1.17. The fourth-order valence-electron chi connectivity index (χ4n) is 2.81. The number of benzene rings is 1. The molecule has 0 N–H and O–H groups in total. The highest BCUT2D eigenvalue weighted by Gasteiger charge is 2.23. The van der Waals surface area contributed by atoms with Crippen LogP contribution in [0.15, 0.2) is 18.2 Å². The number of methoxy groups -OCH3 is 1. The van der Waals surface area contributed by atoms with Crippen molar-refractivity contribution in [1.29, 1.82) is 0 Å². The van der Waals surface area contributed by atoms with Crippen LogP contribution in [0.4, 0.5) is 0 Å². The standard InChI is InChI=1S/C20H28ClNO4Si/c1-24-20(23)18-10-15-9-16(21)19(26-12-14-5-6-14)11-17(15)22(18)13-25-7-8-27(2,3)4/h9-11,14H,5-8,12-13H2,1-4H3. The number of rotatable bonds is 9. The number of esters is 1. The van der Waals surface area contributed by atoms with Crippen LogP contribution in [0.25, 0.3) is 10.9 Å². The molecule has 1 aromatic carbocycles. The molecule has 0 saturated heterocycles. The summed E-state index contributed by atoms with van der Waals surface area (Å²) in [4.78, 5) is 12.2. The number of hydrogen-bond acceptors (Lipinski definition) is 4. The van der Waals surface area contributed by atoms with Gasteiger partial charge in [-0.2, -0.15) is 0 Å². The highest BCUT2D eigenvalue weighted by atomic mass is 35.5. The van der Waals surface area contributed by atoms with Gasteiger partial charge in [-0.3, -0.25) is 0 Å². The van der Waals surface area contributed by atoms with Crippen molar-refractivity contribution >= 4 is 36.5 Å². The van der Waals surface area contributed by atoms with Crippen LogP contribution < -0.4 is 4.74 Å². The molecule has 148 valence electrons. The molecule has 27 heavy (non-hydrogen) atoms. The van der Waals surface area contributed by atoms with Crippen molar-refractivity contribution in [3.05, 3.63) is 28.9 Å². The predicted octanol–water partition coefficient (Wildman–Crippen LogP) is 5.18. The highest BCUT2D eigenvalue weighted by molar-refractivity contribution is 6.76. The van der Waals surface area contributed by atoms with E-state index in [0.717, 1.165) is 16.9 Å². The summed E-state index contributed by atoms with van der Waals surface area (Å²) in [5.41, 5.74) is 1.31. The Morgan fingerprint density at radius 2 is 2.00 bits per heavy atom. The van der Waals surface area contributed by atoms with E-state index in [4.69, 9.17) is 25.8 Å². The van der Waals surface area contributed by atoms with Gasteiger partial charge in [0.25, 0.3) is 0 Å². The first kappa shape index (κ1) is 20.2. The Labute approximate surface area is 166 Å². The molecule has 0 aliphatic heterocycles. The summed E-state index contributed by atoms with van der Waals surface area (Å²) >= 11 is 6.38. The summed E-state index contributed by atoms with van der Waals surface area (Å²) in [7, 11) is 0.212. The summed E-state index contributed by atoms with van der Waals surface area (Å²) in [6.07, 6.45) is 2.43. The number of ether oxygens (including phenoxy) is 3. The first-order chi connectivity index (χ1) is 12.8. The third-order valence-corrected chi connectivity index (χ3v) is 6.74. The lowest BCUT2D eigenvalue weighted by molar-refractivity contribution is 0.0546. The van der Waals surface area contributed by atoms with Crippen molar-refractivity contribution in [3.8, 4) is 5.75 Å². The molecule has 1 aliphatic rings. The third-order valence-electron chi connectivity index (χ3n) is 4.74. The number of carbonyl (C=O) groups is 1. The van der Waals surface area contributed by atoms with Crippen LogP contribution in [0.3, 0.4) is 0 Å². The van der Waals surface area contributed by atoms with E-state index < -0.39 is 14.0 Å². The van der Waals surface area contributed by atoms with Crippen LogP contribution in [0.5, 0.6) is 5.75 Å². The van der Waals surface area contributed by atoms with Gasteiger partial charge in [-0.05, 0) is 36.9 Å². The summed E-state index contributed by atoms with van der Waals surface area (Å²) in [5, 5.41) is 1.42. The topological polar surface area (TPSA) is 49.7 Å². The lowest BCUT2D eigenvalue weighted by Gasteiger charge is -2.16. The van der Waals surface area contributed by atoms with Gasteiger partial charge in [0.1, 0.15) is 18.2 Å². The van der Waals surface area contributed by atoms with Gasteiger partial charge in [-0.25, -0.2) is 4.79 Å². The molecule has 2 aromatic rings. The van der Waals surface area contributed by atoms with Gasteiger partial charge in [-0.1, -0.05) is 31.2 Å². The van der Waals surface area contributed by atoms with Crippen LogP contribution in [0.1, 0.15) is 23.3 Å². The van der Waals surface area contributed by atoms with Gasteiger partial charge in [0.05, 0.1) is 24.3 Å². The number of halogens is 1. The number of carbonyl (C=O) groups excluding carboxylic acids is 1. The average molecular weight is 410 g/mol. The summed E-state index contributed by atoms with van der Waals surface area (Å²) < 4.78 is 18.6. The molecule has 1 saturated carbocycles. The smallest absolute Gasteiger partial charge is 0.354 e. The molecule has 0 amide bonds. The summed E-state index contributed by atoms with van der Waals surface area (Å²) in [5.74, 6) is 0.893. The van der Waals surface area contributed by atoms with Crippen molar-refractivity contribution in [1.82, 2.24) is 4.57 Å². The van der Waals surface area contributed by atoms with Crippen molar-refractivity contribution in [2.24, 2.45) is 5.92 Å². The van der Waals surface area contributed by atoms with E-state index in [9.17, 15) is 4.79 Å². The molecule has 0 unspecified atom stereocenters. The van der Waals surface area contributed by atoms with E-state index in [-0.39, 0.29) is 0 Å². The second-order valence-electron chi connectivity index (χ2n) is 8.39. The molecule has 0 bridgehead atoms. The van der Waals surface area contributed by atoms with Crippen molar-refractivity contribution in [3.63, 3.8) is 0 Å². The first-order valence-corrected chi connectivity index (χ1v) is 13.5. The maximum absolute atomic E-state index is 12.2. The van der Waals surface area contributed by atoms with Crippen LogP contribution in [0, 0.1) is 5.92 Å². The second-order valence-corrected chi connectivity index (χ2v) is 14.4. The molecule has 0 radical (unpaired) electrons. The number of aromatic nitrogens is 1. The van der Waals surface area contributed by atoms with E-state index in [2.05, 4.69) is 19.6 Å². The Morgan fingerprint density at radius 3 is 2.63 bits per heavy atom. The SMILES string of the molecule is COC(=O)c1cc2cc(Cl)c(OCC3CC3)cc2n1COCC[Si](C)(C)C. The Kier molecular flexibility index (Phi) is 6.18. The van der Waals surface area contributed by atoms with E-state index in [1.165, 1.54) is 20.0 Å². The van der Waals surface area contributed by atoms with Gasteiger partial charge in [0.15, 0.2) is 0 Å². The fourth-order valence-corrected chi connectivity index (χ4v) is 3.80. The molecule has 1 aromatic heterocycles. The van der Waals surface area contributed by atoms with Crippen LogP contribution in [-0.4, -0.2) is 38.9 Å². The second kappa shape index (κ2) is 8.25. The first-order valence-electron chi connectivity index (χ1n) is 9.40. The maximum Gasteiger partial charge on any atom is 0.354 e. The van der Waals surface area contributed by atoms with Crippen molar-refractivity contribution < 1.29 is 19.0 Å². The molecule has 7 heteroatoms. The van der Waals surface area contributed by atoms with Crippen LogP contribution in [0.2, 0.25) is 30.7 Å². The number of nitrogens with zero attached hydrogens (tertiary/aromatic N) is 1. The van der Waals surface area contributed by atoms with Gasteiger partial charge in [-0.15, -0.1) is 0 Å². The molecule has 0 atom stereocenters. The van der Waals surface area contributed by atoms with Crippen LogP contribution >= 0.6 is 11.6 Å².